The van der Waals surface area contributed by atoms with Crippen LogP contribution in [0.25, 0.3) is 0 Å². The molecule has 38 heavy (non-hydrogen) atoms. The molecule has 1 heterocycles. The summed E-state index contributed by atoms with van der Waals surface area (Å²) in [5.41, 5.74) is 6.32. The SMILES string of the molecule is NC(=O)c1ccc(S(=O)(=O)Nc2ccccc2C(=O)c2ccccc2)c(CC(=O)NCC2CCNCC2)c1. The molecular formula is C28H30N4O5S. The molecule has 5 N–H and O–H groups in total. The lowest BCUT2D eigenvalue weighted by molar-refractivity contribution is -0.120. The van der Waals surface area contributed by atoms with E-state index in [2.05, 4.69) is 15.4 Å². The largest absolute Gasteiger partial charge is 0.366 e. The van der Waals surface area contributed by atoms with Crippen LogP contribution in [-0.2, 0) is 21.2 Å². The average molecular weight is 535 g/mol. The summed E-state index contributed by atoms with van der Waals surface area (Å²) in [6, 6.07) is 18.7. The molecule has 1 fully saturated rings. The van der Waals surface area contributed by atoms with Crippen molar-refractivity contribution in [3.8, 4) is 0 Å². The van der Waals surface area contributed by atoms with Gasteiger partial charge in [-0.1, -0.05) is 42.5 Å². The van der Waals surface area contributed by atoms with Gasteiger partial charge in [-0.3, -0.25) is 19.1 Å². The van der Waals surface area contributed by atoms with Crippen LogP contribution in [0.2, 0.25) is 0 Å². The number of benzene rings is 3. The first-order valence-electron chi connectivity index (χ1n) is 12.4. The number of hydrogen-bond donors (Lipinski definition) is 4. The Morgan fingerprint density at radius 1 is 0.895 bits per heavy atom. The Morgan fingerprint density at radius 2 is 1.58 bits per heavy atom. The number of amides is 2. The first kappa shape index (κ1) is 27.0. The van der Waals surface area contributed by atoms with E-state index in [1.54, 1.807) is 48.5 Å². The number of ketones is 1. The van der Waals surface area contributed by atoms with E-state index in [1.807, 2.05) is 0 Å². The highest BCUT2D eigenvalue weighted by atomic mass is 32.2. The Kier molecular flexibility index (Phi) is 8.55. The van der Waals surface area contributed by atoms with Crippen LogP contribution in [0.5, 0.6) is 0 Å². The minimum atomic E-state index is -4.25. The zero-order valence-corrected chi connectivity index (χ0v) is 21.6. The molecule has 4 rings (SSSR count). The molecule has 0 radical (unpaired) electrons. The second kappa shape index (κ2) is 12.0. The lowest BCUT2D eigenvalue weighted by Crippen LogP contribution is -2.36. The summed E-state index contributed by atoms with van der Waals surface area (Å²) in [6.45, 7) is 2.28. The Hall–Kier alpha value is -4.02. The molecule has 198 valence electrons. The molecule has 0 saturated carbocycles. The highest BCUT2D eigenvalue weighted by Crippen LogP contribution is 2.25. The maximum atomic E-state index is 13.5. The number of primary amides is 1. The van der Waals surface area contributed by atoms with Gasteiger partial charge in [-0.15, -0.1) is 0 Å². The smallest absolute Gasteiger partial charge is 0.262 e. The molecule has 0 bridgehead atoms. The molecule has 3 aromatic carbocycles. The predicted octanol–water partition coefficient (Wildman–Crippen LogP) is 2.48. The van der Waals surface area contributed by atoms with Crippen molar-refractivity contribution in [2.24, 2.45) is 11.7 Å². The van der Waals surface area contributed by atoms with Gasteiger partial charge in [0.2, 0.25) is 11.8 Å². The molecule has 10 heteroatoms. The quantitative estimate of drug-likeness (QED) is 0.294. The molecule has 0 atom stereocenters. The summed E-state index contributed by atoms with van der Waals surface area (Å²) in [4.78, 5) is 37.5. The fourth-order valence-corrected chi connectivity index (χ4v) is 5.73. The molecule has 0 unspecified atom stereocenters. The third-order valence-electron chi connectivity index (χ3n) is 6.48. The second-order valence-corrected chi connectivity index (χ2v) is 10.9. The van der Waals surface area contributed by atoms with Gasteiger partial charge in [-0.2, -0.15) is 0 Å². The minimum Gasteiger partial charge on any atom is -0.366 e. The van der Waals surface area contributed by atoms with E-state index in [9.17, 15) is 22.8 Å². The highest BCUT2D eigenvalue weighted by molar-refractivity contribution is 7.92. The Bertz CT molecular complexity index is 1430. The summed E-state index contributed by atoms with van der Waals surface area (Å²) in [5.74, 6) is -1.09. The van der Waals surface area contributed by atoms with Crippen LogP contribution in [0.4, 0.5) is 5.69 Å². The summed E-state index contributed by atoms with van der Waals surface area (Å²) in [5, 5.41) is 6.15. The maximum Gasteiger partial charge on any atom is 0.262 e. The van der Waals surface area contributed by atoms with E-state index in [0.29, 0.717) is 18.0 Å². The summed E-state index contributed by atoms with van der Waals surface area (Å²) < 4.78 is 29.5. The number of hydrogen-bond acceptors (Lipinski definition) is 6. The van der Waals surface area contributed by atoms with Crippen molar-refractivity contribution in [1.82, 2.24) is 10.6 Å². The van der Waals surface area contributed by atoms with E-state index < -0.39 is 15.9 Å². The van der Waals surface area contributed by atoms with Crippen molar-refractivity contribution in [2.45, 2.75) is 24.2 Å². The predicted molar refractivity (Wildman–Crippen MR) is 144 cm³/mol. The van der Waals surface area contributed by atoms with Crippen LogP contribution in [0.1, 0.15) is 44.7 Å². The first-order chi connectivity index (χ1) is 18.2. The highest BCUT2D eigenvalue weighted by Gasteiger charge is 2.24. The van der Waals surface area contributed by atoms with Gasteiger partial charge in [-0.05, 0) is 67.7 Å². The van der Waals surface area contributed by atoms with Crippen molar-refractivity contribution >= 4 is 33.3 Å². The normalized spacial score (nSPS) is 14.0. The Balaban J connectivity index is 1.60. The van der Waals surface area contributed by atoms with Crippen molar-refractivity contribution in [1.29, 1.82) is 0 Å². The number of sulfonamides is 1. The molecule has 0 spiro atoms. The third-order valence-corrected chi connectivity index (χ3v) is 7.95. The van der Waals surface area contributed by atoms with Gasteiger partial charge >= 0.3 is 0 Å². The van der Waals surface area contributed by atoms with Crippen molar-refractivity contribution in [3.63, 3.8) is 0 Å². The zero-order chi connectivity index (χ0) is 27.1. The molecule has 3 aromatic rings. The number of rotatable bonds is 10. The summed E-state index contributed by atoms with van der Waals surface area (Å²) >= 11 is 0. The van der Waals surface area contributed by atoms with E-state index in [1.165, 1.54) is 24.3 Å². The van der Waals surface area contributed by atoms with Gasteiger partial charge in [0.1, 0.15) is 0 Å². The fraction of sp³-hybridized carbons (Fsp3) is 0.250. The van der Waals surface area contributed by atoms with Gasteiger partial charge in [0.15, 0.2) is 5.78 Å². The van der Waals surface area contributed by atoms with Gasteiger partial charge < -0.3 is 16.4 Å². The van der Waals surface area contributed by atoms with Crippen LogP contribution in [-0.4, -0.2) is 45.6 Å². The second-order valence-electron chi connectivity index (χ2n) is 9.21. The lowest BCUT2D eigenvalue weighted by atomic mass is 9.98. The minimum absolute atomic E-state index is 0.0877. The first-order valence-corrected chi connectivity index (χ1v) is 13.8. The van der Waals surface area contributed by atoms with Crippen molar-refractivity contribution in [2.75, 3.05) is 24.4 Å². The molecule has 1 saturated heterocycles. The van der Waals surface area contributed by atoms with Crippen LogP contribution in [0.3, 0.4) is 0 Å². The van der Waals surface area contributed by atoms with E-state index in [0.717, 1.165) is 25.9 Å². The maximum absolute atomic E-state index is 13.5. The van der Waals surface area contributed by atoms with Crippen LogP contribution in [0.15, 0.2) is 77.7 Å². The number of anilines is 1. The third kappa shape index (κ3) is 6.64. The molecular weight excluding hydrogens is 504 g/mol. The van der Waals surface area contributed by atoms with Crippen molar-refractivity contribution in [3.05, 3.63) is 95.1 Å². The number of nitrogens with one attached hydrogen (secondary N) is 3. The lowest BCUT2D eigenvalue weighted by Gasteiger charge is -2.22. The van der Waals surface area contributed by atoms with Gasteiger partial charge in [0.25, 0.3) is 10.0 Å². The Morgan fingerprint density at radius 3 is 2.29 bits per heavy atom. The van der Waals surface area contributed by atoms with E-state index >= 15 is 0 Å². The number of carbonyl (C=O) groups is 3. The molecule has 0 aromatic heterocycles. The van der Waals surface area contributed by atoms with Crippen LogP contribution >= 0.6 is 0 Å². The zero-order valence-electron chi connectivity index (χ0n) is 20.8. The summed E-state index contributed by atoms with van der Waals surface area (Å²) in [7, 11) is -4.25. The number of carbonyl (C=O) groups excluding carboxylic acids is 3. The molecule has 2 amide bonds. The number of para-hydroxylation sites is 1. The van der Waals surface area contributed by atoms with E-state index in [-0.39, 0.29) is 45.4 Å². The van der Waals surface area contributed by atoms with Crippen LogP contribution in [0, 0.1) is 5.92 Å². The molecule has 1 aliphatic rings. The summed E-state index contributed by atoms with van der Waals surface area (Å²) in [6.07, 6.45) is 1.64. The van der Waals surface area contributed by atoms with Gasteiger partial charge in [-0.25, -0.2) is 8.42 Å². The van der Waals surface area contributed by atoms with Crippen LogP contribution < -0.4 is 21.1 Å². The molecule has 9 nitrogen and oxygen atoms in total. The number of piperidine rings is 1. The standard InChI is InChI=1S/C28H30N4O5S/c29-28(35)21-10-11-25(22(16-21)17-26(33)31-18-19-12-14-30-15-13-19)38(36,37)32-24-9-5-4-8-23(24)27(34)20-6-2-1-3-7-20/h1-11,16,19,30,32H,12-15,17-18H2,(H2,29,35)(H,31,33). The van der Waals surface area contributed by atoms with Gasteiger partial charge in [0.05, 0.1) is 17.0 Å². The number of nitrogens with two attached hydrogens (primary N) is 1. The monoisotopic (exact) mass is 534 g/mol. The molecule has 1 aliphatic heterocycles. The van der Waals surface area contributed by atoms with E-state index in [4.69, 9.17) is 5.73 Å². The van der Waals surface area contributed by atoms with Crippen molar-refractivity contribution < 1.29 is 22.8 Å². The topological polar surface area (TPSA) is 147 Å². The van der Waals surface area contributed by atoms with Gasteiger partial charge in [0, 0.05) is 23.2 Å². The Labute approximate surface area is 221 Å². The fourth-order valence-electron chi connectivity index (χ4n) is 4.43. The average Bonchev–Trinajstić information content (AvgIpc) is 2.92. The molecule has 0 aliphatic carbocycles.